The zero-order valence-electron chi connectivity index (χ0n) is 17.0. The molecule has 0 unspecified atom stereocenters. The third-order valence-corrected chi connectivity index (χ3v) is 6.93. The maximum absolute atomic E-state index is 13.3. The number of thioether (sulfide) groups is 1. The van der Waals surface area contributed by atoms with Gasteiger partial charge in [-0.3, -0.25) is 19.3 Å². The Morgan fingerprint density at radius 3 is 2.55 bits per heavy atom. The van der Waals surface area contributed by atoms with E-state index in [1.807, 2.05) is 4.57 Å². The number of halogens is 1. The number of likely N-dealkylation sites (tertiary alicyclic amines) is 1. The number of rotatable bonds is 7. The summed E-state index contributed by atoms with van der Waals surface area (Å²) in [6, 6.07) is 6.87. The van der Waals surface area contributed by atoms with Gasteiger partial charge in [-0.1, -0.05) is 29.8 Å². The van der Waals surface area contributed by atoms with Crippen LogP contribution >= 0.6 is 23.4 Å². The first-order valence-corrected chi connectivity index (χ1v) is 11.7. The molecule has 8 nitrogen and oxygen atoms in total. The molecule has 2 aliphatic rings. The number of aryl methyl sites for hydroxylation is 1. The quantitative estimate of drug-likeness (QED) is 0.634. The molecule has 0 bridgehead atoms. The number of hydrogen-bond donors (Lipinski definition) is 1. The lowest BCUT2D eigenvalue weighted by atomic mass is 10.2. The van der Waals surface area contributed by atoms with Crippen LogP contribution in [0.15, 0.2) is 29.4 Å². The Bertz CT molecular complexity index is 989. The molecule has 164 valence electrons. The minimum Gasteiger partial charge on any atom is -0.370 e. The molecule has 0 spiro atoms. The number of amides is 3. The van der Waals surface area contributed by atoms with Gasteiger partial charge in [0.2, 0.25) is 11.8 Å². The third-order valence-electron chi connectivity index (χ3n) is 5.47. The fourth-order valence-corrected chi connectivity index (χ4v) is 5.04. The average Bonchev–Trinajstić information content (AvgIpc) is 3.53. The number of primary amides is 1. The van der Waals surface area contributed by atoms with Crippen molar-refractivity contribution >= 4 is 41.1 Å². The van der Waals surface area contributed by atoms with Gasteiger partial charge in [0, 0.05) is 36.0 Å². The third kappa shape index (κ3) is 5.10. The topological polar surface area (TPSA) is 111 Å². The molecule has 10 heteroatoms. The highest BCUT2D eigenvalue weighted by atomic mass is 35.5. The van der Waals surface area contributed by atoms with Crippen molar-refractivity contribution in [2.24, 2.45) is 5.73 Å². The summed E-state index contributed by atoms with van der Waals surface area (Å²) in [7, 11) is 0. The summed E-state index contributed by atoms with van der Waals surface area (Å²) in [5, 5.41) is 9.35. The Hall–Kier alpha value is -2.39. The molecule has 1 aliphatic carbocycles. The van der Waals surface area contributed by atoms with E-state index in [9.17, 15) is 14.4 Å². The van der Waals surface area contributed by atoms with Gasteiger partial charge in [-0.25, -0.2) is 0 Å². The first-order chi connectivity index (χ1) is 14.9. The summed E-state index contributed by atoms with van der Waals surface area (Å²) in [6.07, 6.45) is 4.97. The zero-order chi connectivity index (χ0) is 22.0. The molecule has 1 aromatic heterocycles. The number of carbonyl (C=O) groups is 3. The van der Waals surface area contributed by atoms with Gasteiger partial charge in [-0.15, -0.1) is 10.2 Å². The molecule has 2 fully saturated rings. The van der Waals surface area contributed by atoms with Gasteiger partial charge in [0.25, 0.3) is 5.91 Å². The van der Waals surface area contributed by atoms with Gasteiger partial charge in [0.15, 0.2) is 5.16 Å². The Balaban J connectivity index is 1.53. The maximum Gasteiger partial charge on any atom is 0.260 e. The van der Waals surface area contributed by atoms with E-state index in [0.717, 1.165) is 31.5 Å². The van der Waals surface area contributed by atoms with Crippen LogP contribution in [0, 0.1) is 0 Å². The first-order valence-electron chi connectivity index (χ1n) is 10.4. The lowest BCUT2D eigenvalue weighted by Crippen LogP contribution is -2.41. The predicted octanol–water partition coefficient (Wildman–Crippen LogP) is 3.00. The maximum atomic E-state index is 13.3. The molecule has 31 heavy (non-hydrogen) atoms. The summed E-state index contributed by atoms with van der Waals surface area (Å²) >= 11 is 7.28. The van der Waals surface area contributed by atoms with E-state index in [2.05, 4.69) is 10.2 Å². The van der Waals surface area contributed by atoms with Crippen LogP contribution in [0.3, 0.4) is 0 Å². The fraction of sp³-hybridized carbons (Fsp3) is 0.476. The van der Waals surface area contributed by atoms with Crippen LogP contribution in [0.25, 0.3) is 0 Å². The van der Waals surface area contributed by atoms with Crippen molar-refractivity contribution < 1.29 is 14.4 Å². The van der Waals surface area contributed by atoms with Crippen molar-refractivity contribution in [3.63, 3.8) is 0 Å². The van der Waals surface area contributed by atoms with Crippen LogP contribution in [-0.2, 0) is 16.0 Å². The molecule has 1 atom stereocenters. The lowest BCUT2D eigenvalue weighted by molar-refractivity contribution is -0.127. The van der Waals surface area contributed by atoms with Gasteiger partial charge in [-0.05, 0) is 49.9 Å². The smallest absolute Gasteiger partial charge is 0.260 e. The average molecular weight is 462 g/mol. The summed E-state index contributed by atoms with van der Waals surface area (Å²) < 4.78 is 2.04. The van der Waals surface area contributed by atoms with Crippen molar-refractivity contribution in [1.29, 1.82) is 0 Å². The second-order valence-corrected chi connectivity index (χ2v) is 9.48. The molecule has 2 N–H and O–H groups in total. The molecule has 1 saturated heterocycles. The molecule has 1 aromatic carbocycles. The summed E-state index contributed by atoms with van der Waals surface area (Å²) in [5.41, 5.74) is 5.73. The monoisotopic (exact) mass is 461 g/mol. The van der Waals surface area contributed by atoms with Crippen molar-refractivity contribution in [3.05, 3.63) is 40.7 Å². The van der Waals surface area contributed by atoms with E-state index in [1.165, 1.54) is 16.7 Å². The van der Waals surface area contributed by atoms with Gasteiger partial charge in [0.1, 0.15) is 5.82 Å². The number of nitrogens with two attached hydrogens (primary N) is 1. The molecule has 4 rings (SSSR count). The van der Waals surface area contributed by atoms with Crippen LogP contribution in [0.4, 0.5) is 0 Å². The fourth-order valence-electron chi connectivity index (χ4n) is 3.69. The molecule has 1 aliphatic heterocycles. The number of aromatic nitrogens is 3. The van der Waals surface area contributed by atoms with E-state index < -0.39 is 5.25 Å². The zero-order valence-corrected chi connectivity index (χ0v) is 18.6. The van der Waals surface area contributed by atoms with Crippen molar-refractivity contribution in [3.8, 4) is 0 Å². The molecular formula is C21H24ClN5O3S. The standard InChI is InChI=1S/C21H24ClN5O3S/c22-14-6-4-13(5-7-14)19(29)26-12-2-1-3-16(20(26)30)31-21-25-24-18(11-10-17(23)28)27(21)15-8-9-15/h4-7,15-16H,1-3,8-12H2,(H2,23,28)/t16-/m0/s1. The number of carbonyl (C=O) groups excluding carboxylic acids is 3. The predicted molar refractivity (Wildman–Crippen MR) is 117 cm³/mol. The van der Waals surface area contributed by atoms with E-state index in [-0.39, 0.29) is 24.1 Å². The molecular weight excluding hydrogens is 438 g/mol. The van der Waals surface area contributed by atoms with E-state index >= 15 is 0 Å². The summed E-state index contributed by atoms with van der Waals surface area (Å²) in [4.78, 5) is 38.8. The van der Waals surface area contributed by atoms with E-state index in [0.29, 0.717) is 41.2 Å². The number of benzene rings is 1. The van der Waals surface area contributed by atoms with Crippen molar-refractivity contribution in [2.75, 3.05) is 6.54 Å². The van der Waals surface area contributed by atoms with Gasteiger partial charge in [-0.2, -0.15) is 0 Å². The highest BCUT2D eigenvalue weighted by molar-refractivity contribution is 8.00. The summed E-state index contributed by atoms with van der Waals surface area (Å²) in [5.74, 6) is -0.166. The Labute approximate surface area is 189 Å². The summed E-state index contributed by atoms with van der Waals surface area (Å²) in [6.45, 7) is 0.399. The highest BCUT2D eigenvalue weighted by Crippen LogP contribution is 2.40. The van der Waals surface area contributed by atoms with Gasteiger partial charge < -0.3 is 10.3 Å². The second kappa shape index (κ2) is 9.40. The lowest BCUT2D eigenvalue weighted by Gasteiger charge is -2.22. The van der Waals surface area contributed by atoms with E-state index in [4.69, 9.17) is 17.3 Å². The van der Waals surface area contributed by atoms with Crippen molar-refractivity contribution in [1.82, 2.24) is 19.7 Å². The number of hydrogen-bond acceptors (Lipinski definition) is 6. The van der Waals surface area contributed by atoms with Crippen LogP contribution in [0.1, 0.15) is 60.7 Å². The SMILES string of the molecule is NC(=O)CCc1nnc(S[C@H]2CCCCN(C(=O)c3ccc(Cl)cc3)C2=O)n1C1CC1. The molecule has 2 heterocycles. The minimum absolute atomic E-state index is 0.202. The van der Waals surface area contributed by atoms with Crippen LogP contribution < -0.4 is 5.73 Å². The normalized spacial score (nSPS) is 19.3. The number of nitrogens with zero attached hydrogens (tertiary/aromatic N) is 4. The van der Waals surface area contributed by atoms with Crippen molar-refractivity contribution in [2.45, 2.75) is 61.4 Å². The molecule has 2 aromatic rings. The van der Waals surface area contributed by atoms with E-state index in [1.54, 1.807) is 24.3 Å². The highest BCUT2D eigenvalue weighted by Gasteiger charge is 2.35. The second-order valence-electron chi connectivity index (χ2n) is 7.87. The molecule has 1 saturated carbocycles. The van der Waals surface area contributed by atoms with Crippen LogP contribution in [0.2, 0.25) is 5.02 Å². The van der Waals surface area contributed by atoms with Gasteiger partial charge in [0.05, 0.1) is 5.25 Å². The molecule has 3 amide bonds. The Kier molecular flexibility index (Phi) is 6.62. The van der Waals surface area contributed by atoms with Crippen LogP contribution in [0.5, 0.6) is 0 Å². The largest absolute Gasteiger partial charge is 0.370 e. The number of imide groups is 1. The minimum atomic E-state index is -0.413. The Morgan fingerprint density at radius 1 is 1.13 bits per heavy atom. The van der Waals surface area contributed by atoms with Gasteiger partial charge >= 0.3 is 0 Å². The molecule has 0 radical (unpaired) electrons. The van der Waals surface area contributed by atoms with Crippen LogP contribution in [-0.4, -0.2) is 49.2 Å². The first kappa shape index (κ1) is 21.8. The Morgan fingerprint density at radius 2 is 1.87 bits per heavy atom.